The van der Waals surface area contributed by atoms with Gasteiger partial charge in [0.15, 0.2) is 6.10 Å². The maximum Gasteiger partial charge on any atom is 0.265 e. The molecule has 2 aromatic rings. The summed E-state index contributed by atoms with van der Waals surface area (Å²) < 4.78 is 11.4. The van der Waals surface area contributed by atoms with E-state index in [-0.39, 0.29) is 18.4 Å². The van der Waals surface area contributed by atoms with Gasteiger partial charge in [0.25, 0.3) is 5.91 Å². The van der Waals surface area contributed by atoms with E-state index in [4.69, 9.17) is 9.47 Å². The molecule has 2 amide bonds. The lowest BCUT2D eigenvalue weighted by Gasteiger charge is -2.38. The molecule has 0 radical (unpaired) electrons. The molecule has 0 saturated carbocycles. The monoisotopic (exact) mass is 407 g/mol. The van der Waals surface area contributed by atoms with Gasteiger partial charge in [-0.05, 0) is 30.2 Å². The van der Waals surface area contributed by atoms with Crippen LogP contribution in [0, 0.1) is 0 Å². The van der Waals surface area contributed by atoms with Crippen molar-refractivity contribution in [2.24, 2.45) is 0 Å². The maximum atomic E-state index is 13.2. The molecule has 0 aromatic heterocycles. The number of carbonyl (C=O) groups excluding carboxylic acids is 2. The number of para-hydroxylation sites is 3. The summed E-state index contributed by atoms with van der Waals surface area (Å²) in [4.78, 5) is 31.9. The second kappa shape index (κ2) is 7.99. The Hall–Kier alpha value is -3.06. The minimum Gasteiger partial charge on any atom is -0.477 e. The molecule has 7 heteroatoms. The molecule has 156 valence electrons. The lowest BCUT2D eigenvalue weighted by Crippen LogP contribution is -2.54. The third-order valence-corrected chi connectivity index (χ3v) is 5.97. The molecule has 30 heavy (non-hydrogen) atoms. The third kappa shape index (κ3) is 3.50. The normalized spacial score (nSPS) is 20.4. The number of anilines is 2. The van der Waals surface area contributed by atoms with Crippen LogP contribution in [0.5, 0.6) is 5.75 Å². The van der Waals surface area contributed by atoms with Gasteiger partial charge in [-0.15, -0.1) is 0 Å². The molecule has 0 aliphatic carbocycles. The zero-order valence-electron chi connectivity index (χ0n) is 16.8. The molecule has 2 aromatic carbocycles. The highest BCUT2D eigenvalue weighted by Crippen LogP contribution is 2.34. The van der Waals surface area contributed by atoms with Crippen molar-refractivity contribution in [2.75, 3.05) is 55.7 Å². The molecule has 3 heterocycles. The van der Waals surface area contributed by atoms with Gasteiger partial charge in [-0.2, -0.15) is 0 Å². The summed E-state index contributed by atoms with van der Waals surface area (Å²) in [6, 6.07) is 15.7. The minimum absolute atomic E-state index is 0.0363. The molecular formula is C23H25N3O4. The first-order valence-electron chi connectivity index (χ1n) is 10.5. The van der Waals surface area contributed by atoms with Gasteiger partial charge in [-0.3, -0.25) is 9.59 Å². The molecule has 1 saturated heterocycles. The molecule has 3 aliphatic rings. The fourth-order valence-corrected chi connectivity index (χ4v) is 4.42. The topological polar surface area (TPSA) is 62.3 Å². The molecule has 3 aliphatic heterocycles. The van der Waals surface area contributed by atoms with Crippen molar-refractivity contribution in [3.05, 3.63) is 54.1 Å². The summed E-state index contributed by atoms with van der Waals surface area (Å²) in [5.74, 6) is 0.635. The Balaban J connectivity index is 1.35. The number of rotatable bonds is 3. The Morgan fingerprint density at radius 3 is 2.50 bits per heavy atom. The number of benzene rings is 2. The zero-order valence-corrected chi connectivity index (χ0v) is 16.8. The molecule has 0 N–H and O–H groups in total. The van der Waals surface area contributed by atoms with Crippen LogP contribution >= 0.6 is 0 Å². The van der Waals surface area contributed by atoms with Crippen LogP contribution < -0.4 is 14.5 Å². The SMILES string of the molecule is O=C([C@@H]1CN(CC(=O)N2CCc3ccccc32)c2ccccc2O1)N1CCOCC1. The minimum atomic E-state index is -0.628. The van der Waals surface area contributed by atoms with Gasteiger partial charge in [0.05, 0.1) is 32.0 Å². The predicted octanol–water partition coefficient (Wildman–Crippen LogP) is 1.70. The van der Waals surface area contributed by atoms with E-state index in [9.17, 15) is 9.59 Å². The van der Waals surface area contributed by atoms with E-state index in [2.05, 4.69) is 6.07 Å². The van der Waals surface area contributed by atoms with E-state index >= 15 is 0 Å². The summed E-state index contributed by atoms with van der Waals surface area (Å²) in [5.41, 5.74) is 3.04. The van der Waals surface area contributed by atoms with Crippen LogP contribution in [0.2, 0.25) is 0 Å². The first kappa shape index (κ1) is 18.9. The lowest BCUT2D eigenvalue weighted by molar-refractivity contribution is -0.142. The number of ether oxygens (including phenoxy) is 2. The van der Waals surface area contributed by atoms with Crippen molar-refractivity contribution in [3.8, 4) is 5.75 Å². The lowest BCUT2D eigenvalue weighted by atomic mass is 10.1. The van der Waals surface area contributed by atoms with Gasteiger partial charge in [-0.25, -0.2) is 0 Å². The standard InChI is InChI=1S/C23H25N3O4/c27-22(26-10-9-17-5-1-2-6-18(17)26)16-25-15-21(23(28)24-11-13-29-14-12-24)30-20-8-4-3-7-19(20)25/h1-8,21H,9-16H2/t21-/m0/s1. The smallest absolute Gasteiger partial charge is 0.265 e. The number of fused-ring (bicyclic) bond motifs is 2. The van der Waals surface area contributed by atoms with Gasteiger partial charge in [0.1, 0.15) is 5.75 Å². The number of morpholine rings is 1. The highest BCUT2D eigenvalue weighted by atomic mass is 16.5. The molecule has 0 unspecified atom stereocenters. The van der Waals surface area contributed by atoms with E-state index in [1.165, 1.54) is 5.56 Å². The van der Waals surface area contributed by atoms with Crippen molar-refractivity contribution in [1.29, 1.82) is 0 Å². The maximum absolute atomic E-state index is 13.2. The van der Waals surface area contributed by atoms with Gasteiger partial charge >= 0.3 is 0 Å². The Labute approximate surface area is 175 Å². The van der Waals surface area contributed by atoms with Crippen molar-refractivity contribution in [1.82, 2.24) is 4.90 Å². The van der Waals surface area contributed by atoms with Gasteiger partial charge in [0, 0.05) is 25.3 Å². The molecule has 1 atom stereocenters. The average molecular weight is 407 g/mol. The Bertz CT molecular complexity index is 957. The Morgan fingerprint density at radius 2 is 1.67 bits per heavy atom. The highest BCUT2D eigenvalue weighted by molar-refractivity contribution is 5.98. The second-order valence-corrected chi connectivity index (χ2v) is 7.82. The van der Waals surface area contributed by atoms with Crippen LogP contribution in [0.15, 0.2) is 48.5 Å². The van der Waals surface area contributed by atoms with Crippen LogP contribution in [-0.4, -0.2) is 68.8 Å². The fourth-order valence-electron chi connectivity index (χ4n) is 4.42. The molecule has 7 nitrogen and oxygen atoms in total. The van der Waals surface area contributed by atoms with E-state index < -0.39 is 6.10 Å². The van der Waals surface area contributed by atoms with Gasteiger partial charge < -0.3 is 24.2 Å². The highest BCUT2D eigenvalue weighted by Gasteiger charge is 2.36. The first-order chi connectivity index (χ1) is 14.7. The van der Waals surface area contributed by atoms with Crippen molar-refractivity contribution < 1.29 is 19.1 Å². The average Bonchev–Trinajstić information content (AvgIpc) is 3.23. The van der Waals surface area contributed by atoms with Crippen molar-refractivity contribution in [3.63, 3.8) is 0 Å². The van der Waals surface area contributed by atoms with Crippen molar-refractivity contribution >= 4 is 23.2 Å². The summed E-state index contributed by atoms with van der Waals surface area (Å²) in [7, 11) is 0. The van der Waals surface area contributed by atoms with E-state index in [0.717, 1.165) is 17.8 Å². The van der Waals surface area contributed by atoms with Crippen LogP contribution in [0.4, 0.5) is 11.4 Å². The number of amides is 2. The van der Waals surface area contributed by atoms with E-state index in [0.29, 0.717) is 45.1 Å². The second-order valence-electron chi connectivity index (χ2n) is 7.82. The third-order valence-electron chi connectivity index (χ3n) is 5.97. The van der Waals surface area contributed by atoms with Crippen LogP contribution in [-0.2, 0) is 20.7 Å². The zero-order chi connectivity index (χ0) is 20.5. The number of hydrogen-bond donors (Lipinski definition) is 0. The molecule has 1 fully saturated rings. The summed E-state index contributed by atoms with van der Waals surface area (Å²) in [6.45, 7) is 3.50. The molecular weight excluding hydrogens is 382 g/mol. The molecule has 0 spiro atoms. The Morgan fingerprint density at radius 1 is 0.933 bits per heavy atom. The van der Waals surface area contributed by atoms with Crippen molar-refractivity contribution in [2.45, 2.75) is 12.5 Å². The number of nitrogens with zero attached hydrogens (tertiary/aromatic N) is 3. The number of hydrogen-bond acceptors (Lipinski definition) is 5. The van der Waals surface area contributed by atoms with E-state index in [1.807, 2.05) is 52.3 Å². The van der Waals surface area contributed by atoms with Crippen LogP contribution in [0.1, 0.15) is 5.56 Å². The predicted molar refractivity (Wildman–Crippen MR) is 113 cm³/mol. The number of carbonyl (C=O) groups is 2. The van der Waals surface area contributed by atoms with Crippen LogP contribution in [0.25, 0.3) is 0 Å². The first-order valence-corrected chi connectivity index (χ1v) is 10.5. The van der Waals surface area contributed by atoms with Gasteiger partial charge in [0.2, 0.25) is 5.91 Å². The van der Waals surface area contributed by atoms with Gasteiger partial charge in [-0.1, -0.05) is 30.3 Å². The molecule has 5 rings (SSSR count). The summed E-state index contributed by atoms with van der Waals surface area (Å²) >= 11 is 0. The summed E-state index contributed by atoms with van der Waals surface area (Å²) in [5, 5.41) is 0. The summed E-state index contributed by atoms with van der Waals surface area (Å²) in [6.07, 6.45) is 0.247. The van der Waals surface area contributed by atoms with Crippen LogP contribution in [0.3, 0.4) is 0 Å². The largest absolute Gasteiger partial charge is 0.477 e. The quantitative estimate of drug-likeness (QED) is 0.775. The fraction of sp³-hybridized carbons (Fsp3) is 0.391. The van der Waals surface area contributed by atoms with E-state index in [1.54, 1.807) is 4.90 Å². The molecule has 0 bridgehead atoms. The Kier molecular flexibility index (Phi) is 5.04.